The predicted molar refractivity (Wildman–Crippen MR) is 102 cm³/mol. The van der Waals surface area contributed by atoms with Crippen LogP contribution in [0.4, 0.5) is 5.82 Å². The van der Waals surface area contributed by atoms with Crippen LogP contribution in [-0.4, -0.2) is 57.4 Å². The van der Waals surface area contributed by atoms with Gasteiger partial charge in [0.25, 0.3) is 0 Å². The summed E-state index contributed by atoms with van der Waals surface area (Å²) in [5, 5.41) is 10.8. The molecule has 27 heavy (non-hydrogen) atoms. The molecule has 1 aliphatic rings. The highest BCUT2D eigenvalue weighted by atomic mass is 16.2. The maximum atomic E-state index is 12.7. The van der Waals surface area contributed by atoms with Crippen LogP contribution in [0.2, 0.25) is 0 Å². The topological polar surface area (TPSA) is 102 Å². The van der Waals surface area contributed by atoms with Crippen LogP contribution in [0.5, 0.6) is 0 Å². The third-order valence-electron chi connectivity index (χ3n) is 5.10. The highest BCUT2D eigenvalue weighted by Gasteiger charge is 2.29. The first-order valence-electron chi connectivity index (χ1n) is 9.05. The van der Waals surface area contributed by atoms with E-state index in [0.29, 0.717) is 12.2 Å². The van der Waals surface area contributed by atoms with E-state index in [0.717, 1.165) is 47.3 Å². The van der Waals surface area contributed by atoms with Gasteiger partial charge in [-0.15, -0.1) is 0 Å². The number of amides is 1. The lowest BCUT2D eigenvalue weighted by molar-refractivity contribution is -0.133. The highest BCUT2D eigenvalue weighted by molar-refractivity contribution is 6.09. The van der Waals surface area contributed by atoms with Crippen LogP contribution >= 0.6 is 0 Å². The summed E-state index contributed by atoms with van der Waals surface area (Å²) in [5.41, 5.74) is 1.61. The number of hydrogen-bond acceptors (Lipinski definition) is 6. The standard InChI is InChI=1S/C19H21N7O/c1-12-23-15-10-22-17-14(5-7-21-17)16(15)18(24-12)26-8-3-4-13(11-26)19(27)25(2)9-6-20/h5,7,10,13H,3-4,8-9,11H2,1-2H3,(H,23,24). The summed E-state index contributed by atoms with van der Waals surface area (Å²) in [4.78, 5) is 33.1. The van der Waals surface area contributed by atoms with E-state index in [1.807, 2.05) is 19.1 Å². The fourth-order valence-corrected chi connectivity index (χ4v) is 3.83. The van der Waals surface area contributed by atoms with E-state index in [-0.39, 0.29) is 18.4 Å². The van der Waals surface area contributed by atoms with Gasteiger partial charge in [0.05, 0.1) is 29.1 Å². The molecule has 0 bridgehead atoms. The summed E-state index contributed by atoms with van der Waals surface area (Å²) in [6, 6.07) is 3.99. The number of anilines is 1. The van der Waals surface area contributed by atoms with Crippen LogP contribution in [0.15, 0.2) is 18.5 Å². The summed E-state index contributed by atoms with van der Waals surface area (Å²) >= 11 is 0. The normalized spacial score (nSPS) is 17.2. The largest absolute Gasteiger partial charge is 0.355 e. The van der Waals surface area contributed by atoms with Gasteiger partial charge in [-0.25, -0.2) is 15.0 Å². The quantitative estimate of drug-likeness (QED) is 0.714. The van der Waals surface area contributed by atoms with E-state index in [1.54, 1.807) is 19.4 Å². The molecular formula is C19H21N7O. The Balaban J connectivity index is 1.74. The third-order valence-corrected chi connectivity index (χ3v) is 5.10. The van der Waals surface area contributed by atoms with Gasteiger partial charge >= 0.3 is 0 Å². The number of aryl methyl sites for hydroxylation is 1. The first kappa shape index (κ1) is 17.2. The molecule has 1 N–H and O–H groups in total. The van der Waals surface area contributed by atoms with Crippen LogP contribution in [0.1, 0.15) is 18.7 Å². The molecule has 0 saturated carbocycles. The minimum Gasteiger partial charge on any atom is -0.355 e. The van der Waals surface area contributed by atoms with Gasteiger partial charge in [-0.1, -0.05) is 0 Å². The SMILES string of the molecule is Cc1nc(N2CCCC(C(=O)N(C)CC#N)C2)c2c(cnc3nccc32)[nH]1. The fraction of sp³-hybridized carbons (Fsp3) is 0.421. The monoisotopic (exact) mass is 363 g/mol. The van der Waals surface area contributed by atoms with Crippen molar-refractivity contribution in [3.05, 3.63) is 24.3 Å². The zero-order chi connectivity index (χ0) is 19.0. The molecule has 0 aromatic carbocycles. The second-order valence-electron chi connectivity index (χ2n) is 7.01. The van der Waals surface area contributed by atoms with Gasteiger partial charge in [-0.2, -0.15) is 5.26 Å². The Labute approximate surface area is 156 Å². The number of carbonyl (C=O) groups is 1. The molecule has 1 aliphatic heterocycles. The van der Waals surface area contributed by atoms with Gasteiger partial charge in [-0.3, -0.25) is 4.79 Å². The minimum absolute atomic E-state index is 0.0200. The number of aromatic amines is 1. The Bertz CT molecular complexity index is 1050. The van der Waals surface area contributed by atoms with Gasteiger partial charge in [0.2, 0.25) is 5.91 Å². The summed E-state index contributed by atoms with van der Waals surface area (Å²) in [6.07, 6.45) is 5.28. The van der Waals surface area contributed by atoms with Crippen LogP contribution in [0, 0.1) is 24.2 Å². The predicted octanol–water partition coefficient (Wildman–Crippen LogP) is 2.01. The summed E-state index contributed by atoms with van der Waals surface area (Å²) in [5.74, 6) is 1.55. The lowest BCUT2D eigenvalue weighted by Gasteiger charge is -2.35. The van der Waals surface area contributed by atoms with Crippen LogP contribution in [0.3, 0.4) is 0 Å². The van der Waals surface area contributed by atoms with Crippen molar-refractivity contribution >= 4 is 33.7 Å². The molecule has 8 heteroatoms. The van der Waals surface area contributed by atoms with Gasteiger partial charge in [0.1, 0.15) is 18.2 Å². The van der Waals surface area contributed by atoms with E-state index in [2.05, 4.69) is 19.9 Å². The zero-order valence-electron chi connectivity index (χ0n) is 15.4. The van der Waals surface area contributed by atoms with Crippen molar-refractivity contribution in [2.24, 2.45) is 5.92 Å². The number of rotatable bonds is 3. The van der Waals surface area contributed by atoms with Gasteiger partial charge in [-0.05, 0) is 25.8 Å². The van der Waals surface area contributed by atoms with Crippen molar-refractivity contribution in [3.63, 3.8) is 0 Å². The smallest absolute Gasteiger partial charge is 0.228 e. The molecule has 8 nitrogen and oxygen atoms in total. The maximum Gasteiger partial charge on any atom is 0.228 e. The number of nitrogens with one attached hydrogen (secondary N) is 1. The number of aromatic nitrogens is 4. The van der Waals surface area contributed by atoms with Crippen molar-refractivity contribution in [1.82, 2.24) is 24.8 Å². The highest BCUT2D eigenvalue weighted by Crippen LogP contribution is 2.32. The summed E-state index contributed by atoms with van der Waals surface area (Å²) in [6.45, 7) is 3.47. The van der Waals surface area contributed by atoms with E-state index in [4.69, 9.17) is 10.2 Å². The third kappa shape index (κ3) is 3.05. The molecule has 1 unspecified atom stereocenters. The van der Waals surface area contributed by atoms with Crippen LogP contribution < -0.4 is 4.90 Å². The molecule has 4 heterocycles. The number of hydrogen-bond donors (Lipinski definition) is 1. The van der Waals surface area contributed by atoms with E-state index < -0.39 is 0 Å². The molecule has 4 rings (SSSR count). The summed E-state index contributed by atoms with van der Waals surface area (Å²) in [7, 11) is 1.69. The molecule has 1 amide bonds. The molecular weight excluding hydrogens is 342 g/mol. The Morgan fingerprint density at radius 1 is 1.48 bits per heavy atom. The second-order valence-corrected chi connectivity index (χ2v) is 7.01. The lowest BCUT2D eigenvalue weighted by Crippen LogP contribution is -2.44. The van der Waals surface area contributed by atoms with E-state index in [1.165, 1.54) is 4.90 Å². The average Bonchev–Trinajstić information content (AvgIpc) is 3.15. The number of nitrogens with zero attached hydrogens (tertiary/aromatic N) is 6. The first-order valence-corrected chi connectivity index (χ1v) is 9.05. The molecule has 0 radical (unpaired) electrons. The number of H-pyrrole nitrogens is 1. The Morgan fingerprint density at radius 3 is 3.15 bits per heavy atom. The molecule has 1 fully saturated rings. The molecule has 138 valence electrons. The fourth-order valence-electron chi connectivity index (χ4n) is 3.83. The Morgan fingerprint density at radius 2 is 2.33 bits per heavy atom. The van der Waals surface area contributed by atoms with E-state index >= 15 is 0 Å². The van der Waals surface area contributed by atoms with Gasteiger partial charge in [0.15, 0.2) is 5.65 Å². The molecule has 0 aliphatic carbocycles. The molecule has 1 saturated heterocycles. The molecule has 0 spiro atoms. The van der Waals surface area contributed by atoms with Crippen molar-refractivity contribution < 1.29 is 4.79 Å². The van der Waals surface area contributed by atoms with Crippen molar-refractivity contribution in [2.75, 3.05) is 31.6 Å². The second kappa shape index (κ2) is 6.83. The number of nitriles is 1. The van der Waals surface area contributed by atoms with Crippen molar-refractivity contribution in [3.8, 4) is 6.07 Å². The van der Waals surface area contributed by atoms with Crippen LogP contribution in [-0.2, 0) is 4.79 Å². The van der Waals surface area contributed by atoms with Crippen molar-refractivity contribution in [1.29, 1.82) is 5.26 Å². The van der Waals surface area contributed by atoms with Gasteiger partial charge < -0.3 is 14.8 Å². The number of carbonyl (C=O) groups excluding carboxylic acids is 1. The molecule has 3 aromatic rings. The number of piperidine rings is 1. The van der Waals surface area contributed by atoms with Crippen molar-refractivity contribution in [2.45, 2.75) is 19.8 Å². The zero-order valence-corrected chi connectivity index (χ0v) is 15.4. The molecule has 3 aromatic heterocycles. The Hall–Kier alpha value is -3.21. The van der Waals surface area contributed by atoms with Gasteiger partial charge in [0, 0.05) is 31.7 Å². The lowest BCUT2D eigenvalue weighted by atomic mass is 9.96. The minimum atomic E-state index is -0.131. The molecule has 1 atom stereocenters. The number of fused-ring (bicyclic) bond motifs is 3. The van der Waals surface area contributed by atoms with Crippen LogP contribution in [0.25, 0.3) is 21.9 Å². The average molecular weight is 363 g/mol. The summed E-state index contributed by atoms with van der Waals surface area (Å²) < 4.78 is 0. The first-order chi connectivity index (χ1) is 13.1. The maximum absolute atomic E-state index is 12.7. The Kier molecular flexibility index (Phi) is 4.36. The number of pyridine rings is 1. The van der Waals surface area contributed by atoms with E-state index in [9.17, 15) is 4.79 Å².